The van der Waals surface area contributed by atoms with E-state index in [2.05, 4.69) is 53.3 Å². The highest BCUT2D eigenvalue weighted by atomic mass is 16.5. The summed E-state index contributed by atoms with van der Waals surface area (Å²) in [5, 5.41) is 8.56. The van der Waals surface area contributed by atoms with Crippen LogP contribution < -0.4 is 5.32 Å². The van der Waals surface area contributed by atoms with E-state index in [1.54, 1.807) is 6.20 Å². The van der Waals surface area contributed by atoms with Crippen LogP contribution in [0.15, 0.2) is 42.9 Å². The zero-order valence-electron chi connectivity index (χ0n) is 15.4. The maximum absolute atomic E-state index is 11.6. The third kappa shape index (κ3) is 3.66. The molecule has 0 fully saturated rings. The highest BCUT2D eigenvalue weighted by Crippen LogP contribution is 2.36. The van der Waals surface area contributed by atoms with E-state index in [4.69, 9.17) is 4.74 Å². The standard InChI is InChI=1S/C19H23N5O2/c1-19(2,3)16(13-8-6-5-7-9-13)23-17-14-10-22-24(11-15(25)26-4)18(14)21-12-20-17/h5-10,12,16H,11H2,1-4H3,(H,20,21,23). The number of anilines is 1. The second kappa shape index (κ2) is 7.11. The maximum Gasteiger partial charge on any atom is 0.327 e. The SMILES string of the molecule is COC(=O)Cn1ncc2c(NC(c3ccccc3)C(C)(C)C)ncnc21. The molecule has 0 saturated heterocycles. The number of benzene rings is 1. The summed E-state index contributed by atoms with van der Waals surface area (Å²) in [5.41, 5.74) is 1.73. The van der Waals surface area contributed by atoms with Crippen LogP contribution in [0, 0.1) is 5.41 Å². The second-order valence-electron chi connectivity index (χ2n) is 7.19. The number of fused-ring (bicyclic) bond motifs is 1. The van der Waals surface area contributed by atoms with E-state index in [-0.39, 0.29) is 24.0 Å². The molecule has 0 bridgehead atoms. The summed E-state index contributed by atoms with van der Waals surface area (Å²) in [7, 11) is 1.35. The summed E-state index contributed by atoms with van der Waals surface area (Å²) < 4.78 is 6.23. The van der Waals surface area contributed by atoms with Gasteiger partial charge >= 0.3 is 5.97 Å². The number of nitrogens with zero attached hydrogens (tertiary/aromatic N) is 4. The average molecular weight is 353 g/mol. The summed E-state index contributed by atoms with van der Waals surface area (Å²) in [4.78, 5) is 20.2. The molecule has 7 nitrogen and oxygen atoms in total. The Bertz CT molecular complexity index is 899. The van der Waals surface area contributed by atoms with Crippen LogP contribution in [0.4, 0.5) is 5.82 Å². The Labute approximate surface area is 152 Å². The van der Waals surface area contributed by atoms with Crippen molar-refractivity contribution in [2.45, 2.75) is 33.4 Å². The summed E-state index contributed by atoms with van der Waals surface area (Å²) in [6.07, 6.45) is 3.15. The molecule has 1 unspecified atom stereocenters. The van der Waals surface area contributed by atoms with Crippen LogP contribution in [-0.4, -0.2) is 32.8 Å². The average Bonchev–Trinajstić information content (AvgIpc) is 3.03. The van der Waals surface area contributed by atoms with Crippen molar-refractivity contribution in [3.05, 3.63) is 48.4 Å². The van der Waals surface area contributed by atoms with Crippen molar-refractivity contribution in [3.8, 4) is 0 Å². The van der Waals surface area contributed by atoms with Crippen molar-refractivity contribution in [1.29, 1.82) is 0 Å². The van der Waals surface area contributed by atoms with Gasteiger partial charge in [-0.3, -0.25) is 4.79 Å². The van der Waals surface area contributed by atoms with E-state index in [0.29, 0.717) is 11.5 Å². The van der Waals surface area contributed by atoms with Gasteiger partial charge in [0.2, 0.25) is 0 Å². The molecule has 3 aromatic rings. The molecule has 1 aromatic carbocycles. The highest BCUT2D eigenvalue weighted by molar-refractivity contribution is 5.87. The molecule has 2 heterocycles. The number of aromatic nitrogens is 4. The van der Waals surface area contributed by atoms with Gasteiger partial charge in [0.1, 0.15) is 18.7 Å². The molecule has 136 valence electrons. The number of carbonyl (C=O) groups excluding carboxylic acids is 1. The van der Waals surface area contributed by atoms with Crippen molar-refractivity contribution in [3.63, 3.8) is 0 Å². The van der Waals surface area contributed by atoms with Gasteiger partial charge in [-0.25, -0.2) is 14.6 Å². The lowest BCUT2D eigenvalue weighted by Crippen LogP contribution is -2.26. The normalized spacial score (nSPS) is 12.8. The van der Waals surface area contributed by atoms with Gasteiger partial charge < -0.3 is 10.1 Å². The van der Waals surface area contributed by atoms with E-state index in [0.717, 1.165) is 5.39 Å². The molecule has 2 aromatic heterocycles. The lowest BCUT2D eigenvalue weighted by Gasteiger charge is -2.32. The number of ether oxygens (including phenoxy) is 1. The summed E-state index contributed by atoms with van der Waals surface area (Å²) >= 11 is 0. The fourth-order valence-corrected chi connectivity index (χ4v) is 2.89. The molecular weight excluding hydrogens is 330 g/mol. The van der Waals surface area contributed by atoms with Crippen LogP contribution >= 0.6 is 0 Å². The largest absolute Gasteiger partial charge is 0.468 e. The first-order valence-electron chi connectivity index (χ1n) is 8.45. The number of nitrogens with one attached hydrogen (secondary N) is 1. The van der Waals surface area contributed by atoms with Crippen molar-refractivity contribution in [2.24, 2.45) is 5.41 Å². The van der Waals surface area contributed by atoms with Crippen molar-refractivity contribution in [1.82, 2.24) is 19.7 Å². The summed E-state index contributed by atoms with van der Waals surface area (Å²) in [5.74, 6) is 0.315. The van der Waals surface area contributed by atoms with Crippen LogP contribution in [0.2, 0.25) is 0 Å². The molecule has 1 N–H and O–H groups in total. The molecule has 1 atom stereocenters. The van der Waals surface area contributed by atoms with Crippen molar-refractivity contribution < 1.29 is 9.53 Å². The van der Waals surface area contributed by atoms with Crippen LogP contribution in [0.5, 0.6) is 0 Å². The Morgan fingerprint density at radius 3 is 2.62 bits per heavy atom. The Morgan fingerprint density at radius 2 is 1.96 bits per heavy atom. The molecule has 0 radical (unpaired) electrons. The Balaban J connectivity index is 1.98. The zero-order chi connectivity index (χ0) is 18.7. The van der Waals surface area contributed by atoms with Crippen molar-refractivity contribution in [2.75, 3.05) is 12.4 Å². The zero-order valence-corrected chi connectivity index (χ0v) is 15.4. The van der Waals surface area contributed by atoms with Crippen LogP contribution in [0.3, 0.4) is 0 Å². The van der Waals surface area contributed by atoms with Gasteiger partial charge in [-0.1, -0.05) is 51.1 Å². The third-order valence-corrected chi connectivity index (χ3v) is 4.22. The summed E-state index contributed by atoms with van der Waals surface area (Å²) in [6, 6.07) is 10.3. The Hall–Kier alpha value is -2.96. The minimum atomic E-state index is -0.375. The van der Waals surface area contributed by atoms with E-state index >= 15 is 0 Å². The molecular formula is C19H23N5O2. The highest BCUT2D eigenvalue weighted by Gasteiger charge is 2.27. The second-order valence-corrected chi connectivity index (χ2v) is 7.19. The number of hydrogen-bond acceptors (Lipinski definition) is 6. The molecule has 3 rings (SSSR count). The van der Waals surface area contributed by atoms with Gasteiger partial charge in [0, 0.05) is 0 Å². The first-order chi connectivity index (χ1) is 12.4. The van der Waals surface area contributed by atoms with Crippen LogP contribution in [-0.2, 0) is 16.1 Å². The predicted molar refractivity (Wildman–Crippen MR) is 99.6 cm³/mol. The number of esters is 1. The van der Waals surface area contributed by atoms with E-state index in [1.807, 2.05) is 18.2 Å². The minimum absolute atomic E-state index is 0.0117. The number of methoxy groups -OCH3 is 1. The molecule has 0 spiro atoms. The van der Waals surface area contributed by atoms with Gasteiger partial charge in [-0.15, -0.1) is 0 Å². The number of hydrogen-bond donors (Lipinski definition) is 1. The maximum atomic E-state index is 11.6. The molecule has 0 amide bonds. The van der Waals surface area contributed by atoms with E-state index in [1.165, 1.54) is 23.7 Å². The van der Waals surface area contributed by atoms with Crippen LogP contribution in [0.25, 0.3) is 11.0 Å². The van der Waals surface area contributed by atoms with Gasteiger partial charge in [0.05, 0.1) is 24.7 Å². The van der Waals surface area contributed by atoms with Gasteiger partial charge in [0.15, 0.2) is 5.65 Å². The first-order valence-corrected chi connectivity index (χ1v) is 8.45. The summed E-state index contributed by atoms with van der Waals surface area (Å²) in [6.45, 7) is 6.54. The lowest BCUT2D eigenvalue weighted by molar-refractivity contribution is -0.141. The first kappa shape index (κ1) is 17.8. The van der Waals surface area contributed by atoms with E-state index < -0.39 is 0 Å². The topological polar surface area (TPSA) is 81.9 Å². The third-order valence-electron chi connectivity index (χ3n) is 4.22. The lowest BCUT2D eigenvalue weighted by atomic mass is 9.82. The van der Waals surface area contributed by atoms with Crippen LogP contribution in [0.1, 0.15) is 32.4 Å². The van der Waals surface area contributed by atoms with Gasteiger partial charge in [-0.2, -0.15) is 5.10 Å². The van der Waals surface area contributed by atoms with E-state index in [9.17, 15) is 4.79 Å². The molecule has 0 aliphatic carbocycles. The smallest absolute Gasteiger partial charge is 0.327 e. The monoisotopic (exact) mass is 353 g/mol. The van der Waals surface area contributed by atoms with Gasteiger partial charge in [0.25, 0.3) is 0 Å². The molecule has 7 heteroatoms. The van der Waals surface area contributed by atoms with Crippen molar-refractivity contribution >= 4 is 22.8 Å². The number of rotatable bonds is 5. The fourth-order valence-electron chi connectivity index (χ4n) is 2.89. The number of carbonyl (C=O) groups is 1. The Kier molecular flexibility index (Phi) is 4.88. The molecule has 0 aliphatic heterocycles. The Morgan fingerprint density at radius 1 is 1.23 bits per heavy atom. The molecule has 0 aliphatic rings. The molecule has 0 saturated carbocycles. The minimum Gasteiger partial charge on any atom is -0.468 e. The quantitative estimate of drug-likeness (QED) is 0.709. The van der Waals surface area contributed by atoms with Gasteiger partial charge in [-0.05, 0) is 11.0 Å². The molecule has 26 heavy (non-hydrogen) atoms. The fraction of sp³-hybridized carbons (Fsp3) is 0.368. The predicted octanol–water partition coefficient (Wildman–Crippen LogP) is 3.20.